The second-order valence-electron chi connectivity index (χ2n) is 1.93. The Morgan fingerprint density at radius 1 is 1.90 bits per heavy atom. The average Bonchev–Trinajstić information content (AvgIpc) is 2.34. The molecule has 0 saturated carbocycles. The highest BCUT2D eigenvalue weighted by atomic mass is 16.3. The van der Waals surface area contributed by atoms with Gasteiger partial charge in [-0.05, 0) is 0 Å². The molecule has 0 aliphatic heterocycles. The second-order valence-corrected chi connectivity index (χ2v) is 1.93. The van der Waals surface area contributed by atoms with Crippen LogP contribution < -0.4 is 5.46 Å². The molecule has 0 aliphatic carbocycles. The van der Waals surface area contributed by atoms with Crippen molar-refractivity contribution in [2.75, 3.05) is 0 Å². The summed E-state index contributed by atoms with van der Waals surface area (Å²) in [5.41, 5.74) is 0.414. The van der Waals surface area contributed by atoms with Gasteiger partial charge in [0.25, 0.3) is 0 Å². The van der Waals surface area contributed by atoms with Gasteiger partial charge in [0, 0.05) is 24.9 Å². The summed E-state index contributed by atoms with van der Waals surface area (Å²) in [7, 11) is 0.412. The largest absolute Gasteiger partial charge is 0.520 e. The van der Waals surface area contributed by atoms with Crippen molar-refractivity contribution in [2.24, 2.45) is 12.1 Å². The fraction of sp³-hybridized carbons (Fsp3) is 0.250. The highest BCUT2D eigenvalue weighted by Gasteiger charge is 2.16. The molecule has 5 nitrogen and oxygen atoms in total. The van der Waals surface area contributed by atoms with E-state index >= 15 is 0 Å². The van der Waals surface area contributed by atoms with Crippen LogP contribution in [0.25, 0.3) is 0 Å². The van der Waals surface area contributed by atoms with Crippen LogP contribution in [0.3, 0.4) is 0 Å². The summed E-state index contributed by atoms with van der Waals surface area (Å²) in [5.74, 6) is 0. The molecule has 0 radical (unpaired) electrons. The number of rotatable bonds is 2. The van der Waals surface area contributed by atoms with Crippen molar-refractivity contribution in [1.29, 1.82) is 0 Å². The molecule has 1 aromatic rings. The molecule has 0 unspecified atom stereocenters. The topological polar surface area (TPSA) is 67.5 Å². The van der Waals surface area contributed by atoms with Crippen LogP contribution in [0.15, 0.2) is 17.5 Å². The lowest BCUT2D eigenvalue weighted by Gasteiger charge is -1.86. The number of aryl methyl sites for hydroxylation is 1. The Morgan fingerprint density at radius 2 is 2.60 bits per heavy atom. The third-order valence-corrected chi connectivity index (χ3v) is 1.12. The van der Waals surface area contributed by atoms with Gasteiger partial charge in [-0.2, -0.15) is 10.0 Å². The third-order valence-electron chi connectivity index (χ3n) is 1.12. The Morgan fingerprint density at radius 3 is 3.00 bits per heavy atom. The molecule has 1 rings (SSSR count). The lowest BCUT2D eigenvalue weighted by molar-refractivity contribution is 0.587. The molecule has 0 spiro atoms. The second kappa shape index (κ2) is 2.61. The van der Waals surface area contributed by atoms with Gasteiger partial charge in [0.05, 0.1) is 0 Å². The molecule has 0 atom stereocenters. The first-order chi connectivity index (χ1) is 4.74. The van der Waals surface area contributed by atoms with Crippen molar-refractivity contribution in [2.45, 2.75) is 0 Å². The Hall–Kier alpha value is -1.17. The summed E-state index contributed by atoms with van der Waals surface area (Å²) >= 11 is 0. The maximum Gasteiger partial charge on any atom is 0.520 e. The Bertz CT molecular complexity index is 236. The highest BCUT2D eigenvalue weighted by Crippen LogP contribution is 1.82. The zero-order valence-corrected chi connectivity index (χ0v) is 5.43. The van der Waals surface area contributed by atoms with Crippen molar-refractivity contribution < 1.29 is 5.02 Å². The fourth-order valence-corrected chi connectivity index (χ4v) is 0.634. The average molecular weight is 139 g/mol. The van der Waals surface area contributed by atoms with E-state index in [1.165, 1.54) is 17.1 Å². The molecule has 1 aromatic heterocycles. The monoisotopic (exact) mass is 139 g/mol. The Balaban J connectivity index is 2.84. The molecule has 0 fully saturated rings. The summed E-state index contributed by atoms with van der Waals surface area (Å²) in [5, 5.41) is 15.0. The van der Waals surface area contributed by atoms with E-state index in [2.05, 4.69) is 10.2 Å². The predicted molar refractivity (Wildman–Crippen MR) is 36.6 cm³/mol. The summed E-state index contributed by atoms with van der Waals surface area (Å²) in [6, 6.07) is 0. The van der Waals surface area contributed by atoms with E-state index in [4.69, 9.17) is 5.02 Å². The van der Waals surface area contributed by atoms with Gasteiger partial charge in [0.2, 0.25) is 0 Å². The summed E-state index contributed by atoms with van der Waals surface area (Å²) in [4.78, 5) is 9.78. The minimum absolute atomic E-state index is 0.414. The minimum atomic E-state index is -1.28. The van der Waals surface area contributed by atoms with Gasteiger partial charge in [-0.15, -0.1) is 0 Å². The molecule has 52 valence electrons. The highest BCUT2D eigenvalue weighted by molar-refractivity contribution is 6.64. The summed E-state index contributed by atoms with van der Waals surface area (Å²) in [6.45, 7) is 0. The summed E-state index contributed by atoms with van der Waals surface area (Å²) in [6.07, 6.45) is 2.93. The van der Waals surface area contributed by atoms with E-state index in [1.807, 2.05) is 0 Å². The third kappa shape index (κ3) is 1.22. The Kier molecular flexibility index (Phi) is 1.82. The standard InChI is InChI=1S/C4H6BN3O2/c1-8-3-4(2-6-8)5(9)7-10/h2-3,9H,1H3. The van der Waals surface area contributed by atoms with Crippen molar-refractivity contribution in [1.82, 2.24) is 9.78 Å². The maximum absolute atomic E-state index is 9.78. The smallest absolute Gasteiger partial charge is 0.425 e. The SMILES string of the molecule is Cn1cc(B(O)N=O)cn1. The van der Waals surface area contributed by atoms with Crippen LogP contribution in [-0.2, 0) is 7.05 Å². The zero-order chi connectivity index (χ0) is 7.56. The van der Waals surface area contributed by atoms with Crippen LogP contribution in [0.1, 0.15) is 0 Å². The lowest BCUT2D eigenvalue weighted by atomic mass is 9.78. The molecule has 0 saturated heterocycles. The van der Waals surface area contributed by atoms with Gasteiger partial charge in [0.1, 0.15) is 0 Å². The number of aromatic nitrogens is 2. The van der Waals surface area contributed by atoms with Crippen LogP contribution in [0.5, 0.6) is 0 Å². The van der Waals surface area contributed by atoms with Gasteiger partial charge in [-0.1, -0.05) is 5.09 Å². The van der Waals surface area contributed by atoms with Crippen molar-refractivity contribution in [3.63, 3.8) is 0 Å². The van der Waals surface area contributed by atoms with Crippen LogP contribution >= 0.6 is 0 Å². The molecule has 1 N–H and O–H groups in total. The van der Waals surface area contributed by atoms with Gasteiger partial charge < -0.3 is 5.02 Å². The molecular weight excluding hydrogens is 133 g/mol. The van der Waals surface area contributed by atoms with E-state index in [9.17, 15) is 4.91 Å². The quantitative estimate of drug-likeness (QED) is 0.416. The number of nitrogens with zero attached hydrogens (tertiary/aromatic N) is 3. The van der Waals surface area contributed by atoms with E-state index < -0.39 is 7.05 Å². The fourth-order valence-electron chi connectivity index (χ4n) is 0.634. The van der Waals surface area contributed by atoms with Crippen molar-refractivity contribution >= 4 is 12.5 Å². The molecule has 0 aliphatic rings. The van der Waals surface area contributed by atoms with Crippen molar-refractivity contribution in [3.05, 3.63) is 17.3 Å². The van der Waals surface area contributed by atoms with Crippen LogP contribution in [0, 0.1) is 4.91 Å². The molecule has 0 amide bonds. The van der Waals surface area contributed by atoms with Gasteiger partial charge in [-0.3, -0.25) is 4.68 Å². The molecule has 6 heteroatoms. The molecule has 10 heavy (non-hydrogen) atoms. The number of hydrogen-bond acceptors (Lipinski definition) is 4. The number of hydrogen-bond donors (Lipinski definition) is 1. The van der Waals surface area contributed by atoms with E-state index in [0.29, 0.717) is 5.46 Å². The first kappa shape index (κ1) is 6.95. The van der Waals surface area contributed by atoms with Gasteiger partial charge in [0.15, 0.2) is 0 Å². The molecule has 1 heterocycles. The summed E-state index contributed by atoms with van der Waals surface area (Å²) < 4.78 is 1.49. The first-order valence-electron chi connectivity index (χ1n) is 2.73. The van der Waals surface area contributed by atoms with Crippen LogP contribution in [-0.4, -0.2) is 21.9 Å². The van der Waals surface area contributed by atoms with Gasteiger partial charge >= 0.3 is 7.05 Å². The van der Waals surface area contributed by atoms with Crippen molar-refractivity contribution in [3.8, 4) is 0 Å². The predicted octanol–water partition coefficient (Wildman–Crippen LogP) is -1.13. The molecular formula is C4H6BN3O2. The maximum atomic E-state index is 9.78. The molecule has 0 aromatic carbocycles. The minimum Gasteiger partial charge on any atom is -0.425 e. The Labute approximate surface area is 57.8 Å². The number of nitroso groups, excluding NO2 is 1. The lowest BCUT2D eigenvalue weighted by Crippen LogP contribution is -2.26. The van der Waals surface area contributed by atoms with Crippen LogP contribution in [0.4, 0.5) is 0 Å². The molecule has 0 bridgehead atoms. The first-order valence-corrected chi connectivity index (χ1v) is 2.73. The zero-order valence-electron chi connectivity index (χ0n) is 5.43. The van der Waals surface area contributed by atoms with Gasteiger partial charge in [-0.25, -0.2) is 0 Å². The normalized spacial score (nSPS) is 9.40. The van der Waals surface area contributed by atoms with E-state index in [0.717, 1.165) is 0 Å². The van der Waals surface area contributed by atoms with E-state index in [-0.39, 0.29) is 0 Å². The van der Waals surface area contributed by atoms with E-state index in [1.54, 1.807) is 7.05 Å². The van der Waals surface area contributed by atoms with Crippen LogP contribution in [0.2, 0.25) is 0 Å².